The summed E-state index contributed by atoms with van der Waals surface area (Å²) >= 11 is 0. The summed E-state index contributed by atoms with van der Waals surface area (Å²) < 4.78 is 0. The van der Waals surface area contributed by atoms with E-state index in [4.69, 9.17) is 0 Å². The van der Waals surface area contributed by atoms with E-state index in [1.807, 2.05) is 28.0 Å². The lowest BCUT2D eigenvalue weighted by molar-refractivity contribution is -0.133. The fourth-order valence-corrected chi connectivity index (χ4v) is 3.29. The average Bonchev–Trinajstić information content (AvgIpc) is 3.47. The van der Waals surface area contributed by atoms with Crippen molar-refractivity contribution >= 4 is 11.8 Å². The molecule has 1 aromatic rings. The number of rotatable bonds is 7. The lowest BCUT2D eigenvalue weighted by Gasteiger charge is -2.22. The zero-order valence-corrected chi connectivity index (χ0v) is 15.0. The number of aryl methyl sites for hydroxylation is 1. The van der Waals surface area contributed by atoms with Crippen LogP contribution >= 0.6 is 0 Å². The molecule has 1 aliphatic heterocycles. The Balaban J connectivity index is 1.39. The van der Waals surface area contributed by atoms with E-state index in [0.29, 0.717) is 26.1 Å². The van der Waals surface area contributed by atoms with Crippen LogP contribution < -0.4 is 5.32 Å². The van der Waals surface area contributed by atoms with Gasteiger partial charge in [0, 0.05) is 32.6 Å². The summed E-state index contributed by atoms with van der Waals surface area (Å²) in [5.41, 5.74) is 1.20. The van der Waals surface area contributed by atoms with Crippen molar-refractivity contribution in [1.29, 1.82) is 0 Å². The predicted octanol–water partition coefficient (Wildman–Crippen LogP) is 1.68. The first-order chi connectivity index (χ1) is 12.2. The van der Waals surface area contributed by atoms with Crippen molar-refractivity contribution in [2.75, 3.05) is 39.3 Å². The highest BCUT2D eigenvalue weighted by atomic mass is 16.2. The molecule has 1 aromatic carbocycles. The van der Waals surface area contributed by atoms with Crippen molar-refractivity contribution in [1.82, 2.24) is 15.1 Å². The molecule has 0 aromatic heterocycles. The van der Waals surface area contributed by atoms with Crippen LogP contribution in [0.1, 0.15) is 31.2 Å². The number of hydrogen-bond acceptors (Lipinski definition) is 3. The smallest absolute Gasteiger partial charge is 0.236 e. The molecule has 0 bridgehead atoms. The Morgan fingerprint density at radius 1 is 0.960 bits per heavy atom. The number of hydrogen-bond donors (Lipinski definition) is 1. The zero-order chi connectivity index (χ0) is 17.5. The third kappa shape index (κ3) is 5.85. The van der Waals surface area contributed by atoms with Gasteiger partial charge in [0.05, 0.1) is 6.54 Å². The van der Waals surface area contributed by atoms with Crippen molar-refractivity contribution in [2.24, 2.45) is 5.92 Å². The minimum atomic E-state index is 0.166. The van der Waals surface area contributed by atoms with Gasteiger partial charge in [-0.05, 0) is 43.7 Å². The minimum Gasteiger partial charge on any atom is -0.341 e. The molecule has 1 N–H and O–H groups in total. The van der Waals surface area contributed by atoms with Crippen molar-refractivity contribution in [3.8, 4) is 0 Å². The third-order valence-electron chi connectivity index (χ3n) is 5.08. The summed E-state index contributed by atoms with van der Waals surface area (Å²) in [5, 5.41) is 3.27. The molecule has 0 unspecified atom stereocenters. The van der Waals surface area contributed by atoms with E-state index < -0.39 is 0 Å². The molecular weight excluding hydrogens is 314 g/mol. The van der Waals surface area contributed by atoms with Crippen LogP contribution in [0.4, 0.5) is 0 Å². The topological polar surface area (TPSA) is 52.7 Å². The van der Waals surface area contributed by atoms with E-state index in [0.717, 1.165) is 38.4 Å². The van der Waals surface area contributed by atoms with Gasteiger partial charge in [-0.1, -0.05) is 30.3 Å². The lowest BCUT2D eigenvalue weighted by Crippen LogP contribution is -2.41. The van der Waals surface area contributed by atoms with Crippen LogP contribution in [0.25, 0.3) is 0 Å². The van der Waals surface area contributed by atoms with E-state index in [-0.39, 0.29) is 11.8 Å². The summed E-state index contributed by atoms with van der Waals surface area (Å²) in [5.74, 6) is 1.15. The zero-order valence-electron chi connectivity index (χ0n) is 15.0. The number of carbonyl (C=O) groups is 2. The molecule has 2 aliphatic rings. The fourth-order valence-electron chi connectivity index (χ4n) is 3.29. The van der Waals surface area contributed by atoms with E-state index in [1.165, 1.54) is 18.4 Å². The Labute approximate surface area is 150 Å². The molecule has 25 heavy (non-hydrogen) atoms. The van der Waals surface area contributed by atoms with Crippen LogP contribution in [-0.2, 0) is 16.0 Å². The van der Waals surface area contributed by atoms with Crippen LogP contribution in [-0.4, -0.2) is 60.9 Å². The molecule has 0 radical (unpaired) electrons. The lowest BCUT2D eigenvalue weighted by atomic mass is 10.1. The maximum absolute atomic E-state index is 12.5. The van der Waals surface area contributed by atoms with Crippen molar-refractivity contribution in [3.05, 3.63) is 35.9 Å². The van der Waals surface area contributed by atoms with Gasteiger partial charge in [0.25, 0.3) is 0 Å². The van der Waals surface area contributed by atoms with Crippen LogP contribution in [0.2, 0.25) is 0 Å². The quantitative estimate of drug-likeness (QED) is 0.819. The molecule has 0 spiro atoms. The van der Waals surface area contributed by atoms with Gasteiger partial charge in [0.1, 0.15) is 0 Å². The average molecular weight is 343 g/mol. The van der Waals surface area contributed by atoms with Crippen molar-refractivity contribution in [3.63, 3.8) is 0 Å². The van der Waals surface area contributed by atoms with Gasteiger partial charge < -0.3 is 15.1 Å². The Morgan fingerprint density at radius 3 is 2.32 bits per heavy atom. The van der Waals surface area contributed by atoms with Gasteiger partial charge in [-0.25, -0.2) is 0 Å². The van der Waals surface area contributed by atoms with Crippen molar-refractivity contribution in [2.45, 2.75) is 32.1 Å². The van der Waals surface area contributed by atoms with Gasteiger partial charge in [-0.2, -0.15) is 0 Å². The van der Waals surface area contributed by atoms with Gasteiger partial charge in [-0.15, -0.1) is 0 Å². The maximum Gasteiger partial charge on any atom is 0.236 e. The van der Waals surface area contributed by atoms with E-state index in [9.17, 15) is 9.59 Å². The third-order valence-corrected chi connectivity index (χ3v) is 5.08. The monoisotopic (exact) mass is 343 g/mol. The van der Waals surface area contributed by atoms with E-state index >= 15 is 0 Å². The summed E-state index contributed by atoms with van der Waals surface area (Å²) in [7, 11) is 0. The summed E-state index contributed by atoms with van der Waals surface area (Å²) in [6.45, 7) is 4.21. The maximum atomic E-state index is 12.5. The molecule has 136 valence electrons. The van der Waals surface area contributed by atoms with E-state index in [2.05, 4.69) is 17.4 Å². The molecule has 1 aliphatic carbocycles. The highest BCUT2D eigenvalue weighted by molar-refractivity contribution is 5.79. The van der Waals surface area contributed by atoms with Crippen LogP contribution in [0.5, 0.6) is 0 Å². The first kappa shape index (κ1) is 17.9. The Morgan fingerprint density at radius 2 is 1.64 bits per heavy atom. The SMILES string of the molecule is O=C(CCc1ccccc1)N1CCCN(C(=O)CNCC2CC2)CC1. The first-order valence-electron chi connectivity index (χ1n) is 9.52. The standard InChI is InChI=1S/C20H29N3O2/c24-19(10-9-17-5-2-1-3-6-17)22-11-4-12-23(14-13-22)20(25)16-21-15-18-7-8-18/h1-3,5-6,18,21H,4,7-16H2. The number of nitrogens with one attached hydrogen (secondary N) is 1. The second-order valence-corrected chi connectivity index (χ2v) is 7.18. The summed E-state index contributed by atoms with van der Waals surface area (Å²) in [6.07, 6.45) is 4.78. The molecule has 5 nitrogen and oxygen atoms in total. The van der Waals surface area contributed by atoms with Crippen LogP contribution in [0, 0.1) is 5.92 Å². The highest BCUT2D eigenvalue weighted by Crippen LogP contribution is 2.27. The van der Waals surface area contributed by atoms with Crippen molar-refractivity contribution < 1.29 is 9.59 Å². The van der Waals surface area contributed by atoms with E-state index in [1.54, 1.807) is 0 Å². The van der Waals surface area contributed by atoms with Gasteiger partial charge in [0.15, 0.2) is 0 Å². The minimum absolute atomic E-state index is 0.166. The molecule has 1 saturated carbocycles. The number of benzene rings is 1. The molecule has 3 rings (SSSR count). The predicted molar refractivity (Wildman–Crippen MR) is 98.1 cm³/mol. The molecule has 1 saturated heterocycles. The Hall–Kier alpha value is -1.88. The Bertz CT molecular complexity index is 572. The Kier molecular flexibility index (Phi) is 6.45. The molecule has 5 heteroatoms. The molecular formula is C20H29N3O2. The van der Waals surface area contributed by atoms with Gasteiger partial charge in [-0.3, -0.25) is 9.59 Å². The van der Waals surface area contributed by atoms with Crippen LogP contribution in [0.3, 0.4) is 0 Å². The fraction of sp³-hybridized carbons (Fsp3) is 0.600. The largest absolute Gasteiger partial charge is 0.341 e. The highest BCUT2D eigenvalue weighted by Gasteiger charge is 2.23. The number of amides is 2. The second kappa shape index (κ2) is 8.99. The molecule has 0 atom stereocenters. The number of nitrogens with zero attached hydrogens (tertiary/aromatic N) is 2. The molecule has 2 fully saturated rings. The van der Waals surface area contributed by atoms with Crippen LogP contribution in [0.15, 0.2) is 30.3 Å². The normalized spacial score (nSPS) is 18.1. The summed E-state index contributed by atoms with van der Waals surface area (Å²) in [4.78, 5) is 28.6. The molecule has 1 heterocycles. The first-order valence-corrected chi connectivity index (χ1v) is 9.52. The van der Waals surface area contributed by atoms with Gasteiger partial charge in [0.2, 0.25) is 11.8 Å². The molecule has 2 amide bonds. The summed E-state index contributed by atoms with van der Waals surface area (Å²) in [6, 6.07) is 10.1. The second-order valence-electron chi connectivity index (χ2n) is 7.18. The van der Waals surface area contributed by atoms with Gasteiger partial charge >= 0.3 is 0 Å². The number of carbonyl (C=O) groups excluding carboxylic acids is 2.